The zero-order chi connectivity index (χ0) is 17.2. The topological polar surface area (TPSA) is 63.1 Å². The molecule has 1 N–H and O–H groups in total. The van der Waals surface area contributed by atoms with Crippen LogP contribution in [-0.4, -0.2) is 20.7 Å². The average Bonchev–Trinajstić information content (AvgIpc) is 2.65. The van der Waals surface area contributed by atoms with Gasteiger partial charge in [-0.15, -0.1) is 0 Å². The molecule has 3 aromatic rings. The number of fused-ring (bicyclic) bond motifs is 1. The van der Waals surface area contributed by atoms with Gasteiger partial charge in [0.2, 0.25) is 0 Å². The van der Waals surface area contributed by atoms with Crippen LogP contribution in [0, 0.1) is 11.7 Å². The van der Waals surface area contributed by atoms with Crippen LogP contribution in [0.4, 0.5) is 15.9 Å². The molecule has 1 aliphatic heterocycles. The van der Waals surface area contributed by atoms with Crippen molar-refractivity contribution in [2.45, 2.75) is 13.0 Å². The Labute approximate surface area is 144 Å². The Morgan fingerprint density at radius 2 is 1.72 bits per heavy atom. The van der Waals surface area contributed by atoms with Crippen molar-refractivity contribution in [3.05, 3.63) is 78.3 Å². The molecule has 0 radical (unpaired) electrons. The number of rotatable bonds is 3. The maximum Gasteiger partial charge on any atom is 0.176 e. The van der Waals surface area contributed by atoms with Crippen LogP contribution in [0.25, 0.3) is 0 Å². The van der Waals surface area contributed by atoms with Gasteiger partial charge in [0.15, 0.2) is 5.82 Å². The summed E-state index contributed by atoms with van der Waals surface area (Å²) in [5.41, 5.74) is 2.83. The monoisotopic (exact) mass is 333 g/mol. The van der Waals surface area contributed by atoms with Crippen molar-refractivity contribution in [1.29, 1.82) is 0 Å². The molecule has 2 unspecified atom stereocenters. The minimum absolute atomic E-state index is 0.0886. The van der Waals surface area contributed by atoms with Gasteiger partial charge < -0.3 is 5.32 Å². The van der Waals surface area contributed by atoms with Crippen LogP contribution in [0.15, 0.2) is 66.2 Å². The maximum absolute atomic E-state index is 14.3. The summed E-state index contributed by atoms with van der Waals surface area (Å²) >= 11 is 0. The predicted octanol–water partition coefficient (Wildman–Crippen LogP) is 3.93. The molecule has 2 aromatic heterocycles. The van der Waals surface area contributed by atoms with Crippen molar-refractivity contribution < 1.29 is 4.39 Å². The highest BCUT2D eigenvalue weighted by Gasteiger charge is 2.33. The predicted molar refractivity (Wildman–Crippen MR) is 94.4 cm³/mol. The fourth-order valence-electron chi connectivity index (χ4n) is 3.05. The Bertz CT molecular complexity index is 926. The van der Waals surface area contributed by atoms with E-state index in [9.17, 15) is 4.39 Å². The minimum atomic E-state index is -0.289. The van der Waals surface area contributed by atoms with E-state index in [2.05, 4.69) is 25.3 Å². The van der Waals surface area contributed by atoms with Crippen LogP contribution in [0.2, 0.25) is 0 Å². The lowest BCUT2D eigenvalue weighted by molar-refractivity contribution is 0.593. The first-order valence-electron chi connectivity index (χ1n) is 8.05. The minimum Gasteiger partial charge on any atom is -0.376 e. The van der Waals surface area contributed by atoms with Crippen molar-refractivity contribution in [1.82, 2.24) is 15.0 Å². The number of aromatic nitrogens is 3. The molecule has 25 heavy (non-hydrogen) atoms. The summed E-state index contributed by atoms with van der Waals surface area (Å²) in [5.74, 6) is 0.141. The molecule has 2 atom stereocenters. The van der Waals surface area contributed by atoms with Crippen LogP contribution in [0.5, 0.6) is 0 Å². The first-order chi connectivity index (χ1) is 12.2. The Morgan fingerprint density at radius 1 is 0.960 bits per heavy atom. The SMILES string of the molecule is CC1C(c2ccccc2F)=Nc2nccnc2C1Nc1ccncc1. The number of aliphatic imine (C=N–C) groups is 1. The maximum atomic E-state index is 14.3. The summed E-state index contributed by atoms with van der Waals surface area (Å²) in [6, 6.07) is 10.3. The molecule has 5 nitrogen and oxygen atoms in total. The van der Waals surface area contributed by atoms with Gasteiger partial charge in [-0.1, -0.05) is 25.1 Å². The average molecular weight is 333 g/mol. The van der Waals surface area contributed by atoms with Crippen LogP contribution in [0.1, 0.15) is 24.2 Å². The molecule has 0 fully saturated rings. The number of nitrogens with one attached hydrogen (secondary N) is 1. The molecule has 6 heteroatoms. The van der Waals surface area contributed by atoms with Crippen molar-refractivity contribution in [2.75, 3.05) is 5.32 Å². The number of hydrogen-bond donors (Lipinski definition) is 1. The van der Waals surface area contributed by atoms with Crippen LogP contribution in [-0.2, 0) is 0 Å². The fourth-order valence-corrected chi connectivity index (χ4v) is 3.05. The lowest BCUT2D eigenvalue weighted by Gasteiger charge is -2.31. The van der Waals surface area contributed by atoms with Gasteiger partial charge in [-0.05, 0) is 18.2 Å². The molecule has 0 spiro atoms. The molecule has 0 aliphatic carbocycles. The lowest BCUT2D eigenvalue weighted by atomic mass is 9.87. The van der Waals surface area contributed by atoms with Gasteiger partial charge >= 0.3 is 0 Å². The summed E-state index contributed by atoms with van der Waals surface area (Å²) in [7, 11) is 0. The van der Waals surface area contributed by atoms with E-state index in [4.69, 9.17) is 0 Å². The third kappa shape index (κ3) is 2.87. The number of nitrogens with zero attached hydrogens (tertiary/aromatic N) is 4. The smallest absolute Gasteiger partial charge is 0.176 e. The molecule has 0 saturated heterocycles. The molecular formula is C19H16FN5. The van der Waals surface area contributed by atoms with Gasteiger partial charge in [0.25, 0.3) is 0 Å². The molecular weight excluding hydrogens is 317 g/mol. The van der Waals surface area contributed by atoms with Gasteiger partial charge in [-0.3, -0.25) is 9.97 Å². The van der Waals surface area contributed by atoms with E-state index < -0.39 is 0 Å². The second-order valence-corrected chi connectivity index (χ2v) is 5.89. The van der Waals surface area contributed by atoms with Gasteiger partial charge in [-0.2, -0.15) is 0 Å². The number of anilines is 1. The van der Waals surface area contributed by atoms with Gasteiger partial charge in [0, 0.05) is 42.0 Å². The largest absolute Gasteiger partial charge is 0.376 e. The van der Waals surface area contributed by atoms with Crippen LogP contribution < -0.4 is 5.32 Å². The summed E-state index contributed by atoms with van der Waals surface area (Å²) in [4.78, 5) is 17.4. The quantitative estimate of drug-likeness (QED) is 0.789. The highest BCUT2D eigenvalue weighted by Crippen LogP contribution is 2.37. The summed E-state index contributed by atoms with van der Waals surface area (Å²) in [5, 5.41) is 3.46. The Balaban J connectivity index is 1.80. The number of hydrogen-bond acceptors (Lipinski definition) is 5. The zero-order valence-corrected chi connectivity index (χ0v) is 13.6. The standard InChI is InChI=1S/C19H16FN5/c1-12-16(14-4-2-3-5-15(14)20)25-19-18(22-10-11-23-19)17(12)24-13-6-8-21-9-7-13/h2-12,17H,1H3,(H,21,24). The Kier molecular flexibility index (Phi) is 3.93. The summed E-state index contributed by atoms with van der Waals surface area (Å²) < 4.78 is 14.3. The first-order valence-corrected chi connectivity index (χ1v) is 8.05. The molecule has 0 saturated carbocycles. The van der Waals surface area contributed by atoms with Gasteiger partial charge in [0.05, 0.1) is 11.8 Å². The molecule has 0 bridgehead atoms. The van der Waals surface area contributed by atoms with E-state index in [0.717, 1.165) is 11.4 Å². The molecule has 1 aromatic carbocycles. The number of halogens is 1. The molecule has 4 rings (SSSR count). The summed E-state index contributed by atoms with van der Waals surface area (Å²) in [6.45, 7) is 2.02. The van der Waals surface area contributed by atoms with E-state index >= 15 is 0 Å². The van der Waals surface area contributed by atoms with Crippen molar-refractivity contribution in [3.63, 3.8) is 0 Å². The molecule has 1 aliphatic rings. The highest BCUT2D eigenvalue weighted by molar-refractivity contribution is 6.05. The van der Waals surface area contributed by atoms with Crippen molar-refractivity contribution >= 4 is 17.2 Å². The highest BCUT2D eigenvalue weighted by atomic mass is 19.1. The first kappa shape index (κ1) is 15.4. The van der Waals surface area contributed by atoms with Crippen molar-refractivity contribution in [2.24, 2.45) is 10.9 Å². The zero-order valence-electron chi connectivity index (χ0n) is 13.6. The van der Waals surface area contributed by atoms with E-state index in [-0.39, 0.29) is 17.8 Å². The van der Waals surface area contributed by atoms with E-state index in [1.165, 1.54) is 6.07 Å². The van der Waals surface area contributed by atoms with Gasteiger partial charge in [-0.25, -0.2) is 14.4 Å². The number of pyridine rings is 1. The van der Waals surface area contributed by atoms with Crippen LogP contribution >= 0.6 is 0 Å². The molecule has 3 heterocycles. The second-order valence-electron chi connectivity index (χ2n) is 5.89. The van der Waals surface area contributed by atoms with Crippen molar-refractivity contribution in [3.8, 4) is 0 Å². The van der Waals surface area contributed by atoms with E-state index in [1.807, 2.05) is 25.1 Å². The molecule has 124 valence electrons. The Hall–Kier alpha value is -3.15. The molecule has 0 amide bonds. The normalized spacial score (nSPS) is 19.0. The lowest BCUT2D eigenvalue weighted by Crippen LogP contribution is -2.30. The Morgan fingerprint density at radius 3 is 2.52 bits per heavy atom. The summed E-state index contributed by atoms with van der Waals surface area (Å²) in [6.07, 6.45) is 6.69. The van der Waals surface area contributed by atoms with Crippen LogP contribution in [0.3, 0.4) is 0 Å². The third-order valence-electron chi connectivity index (χ3n) is 4.31. The van der Waals surface area contributed by atoms with Gasteiger partial charge in [0.1, 0.15) is 11.5 Å². The van der Waals surface area contributed by atoms with E-state index in [0.29, 0.717) is 17.1 Å². The third-order valence-corrected chi connectivity index (χ3v) is 4.31. The number of benzene rings is 1. The van der Waals surface area contributed by atoms with E-state index in [1.54, 1.807) is 36.9 Å². The fraction of sp³-hybridized carbons (Fsp3) is 0.158. The second kappa shape index (κ2) is 6.39.